The molecule has 0 fully saturated rings. The smallest absolute Gasteiger partial charge is 0.152 e. The molecule has 3 heteroatoms. The van der Waals surface area contributed by atoms with Gasteiger partial charge in [0.15, 0.2) is 6.29 Å². The summed E-state index contributed by atoms with van der Waals surface area (Å²) in [7, 11) is 0. The Morgan fingerprint density at radius 2 is 2.05 bits per heavy atom. The molecule has 1 atom stereocenters. The normalized spacial score (nSPS) is 12.5. The second-order valence-electron chi connectivity index (χ2n) is 6.02. The summed E-state index contributed by atoms with van der Waals surface area (Å²) < 4.78 is 8.22. The Balaban J connectivity index is 2.41. The lowest BCUT2D eigenvalue weighted by atomic mass is 10.1. The number of fused-ring (bicyclic) bond motifs is 1. The van der Waals surface area contributed by atoms with Crippen molar-refractivity contribution in [2.45, 2.75) is 66.0 Å². The minimum absolute atomic E-state index is 0.199. The van der Waals surface area contributed by atoms with Gasteiger partial charge >= 0.3 is 0 Å². The van der Waals surface area contributed by atoms with Crippen LogP contribution in [0.1, 0.15) is 62.5 Å². The van der Waals surface area contributed by atoms with Crippen molar-refractivity contribution < 1.29 is 9.53 Å². The largest absolute Gasteiger partial charge is 0.491 e. The highest BCUT2D eigenvalue weighted by Gasteiger charge is 2.14. The first-order valence-corrected chi connectivity index (χ1v) is 8.37. The van der Waals surface area contributed by atoms with Crippen LogP contribution in [0.15, 0.2) is 18.2 Å². The number of carbonyl (C=O) groups is 1. The van der Waals surface area contributed by atoms with Crippen LogP contribution in [0.2, 0.25) is 0 Å². The van der Waals surface area contributed by atoms with E-state index in [1.165, 1.54) is 0 Å². The summed E-state index contributed by atoms with van der Waals surface area (Å²) in [6, 6.07) is 6.12. The Hall–Kier alpha value is -1.77. The number of hydrogen-bond donors (Lipinski definition) is 0. The molecule has 1 aromatic heterocycles. The number of nitrogens with zero attached hydrogens (tertiary/aromatic N) is 1. The van der Waals surface area contributed by atoms with Crippen LogP contribution < -0.4 is 4.74 Å². The minimum atomic E-state index is 0.199. The van der Waals surface area contributed by atoms with Crippen molar-refractivity contribution in [3.8, 4) is 5.75 Å². The number of aryl methyl sites for hydroxylation is 1. The fourth-order valence-electron chi connectivity index (χ4n) is 3.01. The summed E-state index contributed by atoms with van der Waals surface area (Å²) in [5.74, 6) is 0.851. The van der Waals surface area contributed by atoms with E-state index in [1.807, 2.05) is 19.1 Å². The molecule has 0 aliphatic carbocycles. The molecular formula is C19H27NO2. The van der Waals surface area contributed by atoms with Gasteiger partial charge in [-0.15, -0.1) is 0 Å². The topological polar surface area (TPSA) is 31.2 Å². The van der Waals surface area contributed by atoms with Gasteiger partial charge in [-0.3, -0.25) is 4.79 Å². The Kier molecular flexibility index (Phi) is 5.64. The molecule has 3 nitrogen and oxygen atoms in total. The quantitative estimate of drug-likeness (QED) is 0.633. The minimum Gasteiger partial charge on any atom is -0.491 e. The molecule has 1 unspecified atom stereocenters. The van der Waals surface area contributed by atoms with Crippen molar-refractivity contribution in [1.82, 2.24) is 4.57 Å². The molecule has 0 saturated carbocycles. The van der Waals surface area contributed by atoms with Crippen molar-refractivity contribution >= 4 is 17.2 Å². The van der Waals surface area contributed by atoms with Crippen molar-refractivity contribution in [3.05, 3.63) is 29.5 Å². The van der Waals surface area contributed by atoms with Gasteiger partial charge in [-0.25, -0.2) is 0 Å². The van der Waals surface area contributed by atoms with Crippen molar-refractivity contribution in [1.29, 1.82) is 0 Å². The van der Waals surface area contributed by atoms with E-state index in [9.17, 15) is 4.79 Å². The third-order valence-electron chi connectivity index (χ3n) is 4.23. The van der Waals surface area contributed by atoms with E-state index in [2.05, 4.69) is 31.4 Å². The SMILES string of the molecule is CCCCn1c(C)c(C=O)c2cc(OC(C)CCC)ccc21. The number of aromatic nitrogens is 1. The number of rotatable bonds is 8. The van der Waals surface area contributed by atoms with Gasteiger partial charge in [-0.05, 0) is 44.9 Å². The summed E-state index contributed by atoms with van der Waals surface area (Å²) in [5, 5.41) is 1.00. The maximum absolute atomic E-state index is 11.5. The fraction of sp³-hybridized carbons (Fsp3) is 0.526. The van der Waals surface area contributed by atoms with Gasteiger partial charge in [-0.1, -0.05) is 26.7 Å². The summed E-state index contributed by atoms with van der Waals surface area (Å²) in [5.41, 5.74) is 2.97. The van der Waals surface area contributed by atoms with Gasteiger partial charge in [0.2, 0.25) is 0 Å². The zero-order valence-corrected chi connectivity index (χ0v) is 14.2. The van der Waals surface area contributed by atoms with Crippen LogP contribution in [-0.4, -0.2) is 17.0 Å². The summed E-state index contributed by atoms with van der Waals surface area (Å²) >= 11 is 0. The van der Waals surface area contributed by atoms with Crippen molar-refractivity contribution in [3.63, 3.8) is 0 Å². The predicted molar refractivity (Wildman–Crippen MR) is 92.0 cm³/mol. The molecule has 1 aromatic carbocycles. The van der Waals surface area contributed by atoms with Gasteiger partial charge < -0.3 is 9.30 Å². The zero-order chi connectivity index (χ0) is 16.1. The average molecular weight is 301 g/mol. The van der Waals surface area contributed by atoms with E-state index < -0.39 is 0 Å². The first-order valence-electron chi connectivity index (χ1n) is 8.37. The summed E-state index contributed by atoms with van der Waals surface area (Å²) in [4.78, 5) is 11.5. The van der Waals surface area contributed by atoms with Crippen molar-refractivity contribution in [2.24, 2.45) is 0 Å². The molecule has 2 aromatic rings. The van der Waals surface area contributed by atoms with Gasteiger partial charge in [0.05, 0.1) is 6.10 Å². The number of aldehydes is 1. The molecule has 22 heavy (non-hydrogen) atoms. The molecule has 0 saturated heterocycles. The fourth-order valence-corrected chi connectivity index (χ4v) is 3.01. The molecule has 120 valence electrons. The molecule has 1 heterocycles. The molecule has 0 N–H and O–H groups in total. The third-order valence-corrected chi connectivity index (χ3v) is 4.23. The molecule has 0 aliphatic heterocycles. The second kappa shape index (κ2) is 7.48. The van der Waals surface area contributed by atoms with Crippen LogP contribution in [0.5, 0.6) is 5.75 Å². The number of carbonyl (C=O) groups excluding carboxylic acids is 1. The van der Waals surface area contributed by atoms with E-state index in [-0.39, 0.29) is 6.10 Å². The third kappa shape index (κ3) is 3.34. The average Bonchev–Trinajstić information content (AvgIpc) is 2.76. The van der Waals surface area contributed by atoms with Gasteiger partial charge in [0.1, 0.15) is 5.75 Å². The van der Waals surface area contributed by atoms with E-state index in [0.717, 1.165) is 66.4 Å². The first kappa shape index (κ1) is 16.6. The molecule has 0 aliphatic rings. The molecule has 0 radical (unpaired) electrons. The molecule has 0 amide bonds. The molecule has 0 bridgehead atoms. The van der Waals surface area contributed by atoms with Crippen LogP contribution >= 0.6 is 0 Å². The highest BCUT2D eigenvalue weighted by atomic mass is 16.5. The van der Waals surface area contributed by atoms with Crippen LogP contribution in [0.4, 0.5) is 0 Å². The highest BCUT2D eigenvalue weighted by Crippen LogP contribution is 2.29. The van der Waals surface area contributed by atoms with Crippen LogP contribution in [0.3, 0.4) is 0 Å². The Morgan fingerprint density at radius 3 is 2.68 bits per heavy atom. The van der Waals surface area contributed by atoms with E-state index in [1.54, 1.807) is 0 Å². The number of hydrogen-bond acceptors (Lipinski definition) is 2. The molecular weight excluding hydrogens is 274 g/mol. The Morgan fingerprint density at radius 1 is 1.27 bits per heavy atom. The first-order chi connectivity index (χ1) is 10.6. The van der Waals surface area contributed by atoms with E-state index in [4.69, 9.17) is 4.74 Å². The monoisotopic (exact) mass is 301 g/mol. The Bertz CT molecular complexity index is 642. The lowest BCUT2D eigenvalue weighted by molar-refractivity contribution is 0.112. The standard InChI is InChI=1S/C19H27NO2/c1-5-7-11-20-15(4)18(13-21)17-12-16(9-10-19(17)20)22-14(3)8-6-2/h9-10,12-14H,5-8,11H2,1-4H3. The molecule has 0 spiro atoms. The van der Waals surface area contributed by atoms with E-state index >= 15 is 0 Å². The maximum atomic E-state index is 11.5. The van der Waals surface area contributed by atoms with Gasteiger partial charge in [-0.2, -0.15) is 0 Å². The van der Waals surface area contributed by atoms with Crippen LogP contribution in [-0.2, 0) is 6.54 Å². The zero-order valence-electron chi connectivity index (χ0n) is 14.2. The lowest BCUT2D eigenvalue weighted by Crippen LogP contribution is -2.10. The predicted octanol–water partition coefficient (Wildman–Crippen LogP) is 5.13. The number of benzene rings is 1. The van der Waals surface area contributed by atoms with Gasteiger partial charge in [0, 0.05) is 28.7 Å². The van der Waals surface area contributed by atoms with Gasteiger partial charge in [0.25, 0.3) is 0 Å². The second-order valence-corrected chi connectivity index (χ2v) is 6.02. The molecule has 2 rings (SSSR count). The summed E-state index contributed by atoms with van der Waals surface area (Å²) in [6.45, 7) is 9.41. The summed E-state index contributed by atoms with van der Waals surface area (Å²) in [6.07, 6.45) is 5.58. The Labute approximate surface area is 133 Å². The van der Waals surface area contributed by atoms with E-state index in [0.29, 0.717) is 0 Å². The van der Waals surface area contributed by atoms with Crippen LogP contribution in [0.25, 0.3) is 10.9 Å². The number of ether oxygens (including phenoxy) is 1. The maximum Gasteiger partial charge on any atom is 0.152 e. The highest BCUT2D eigenvalue weighted by molar-refractivity contribution is 6.00. The van der Waals surface area contributed by atoms with Crippen LogP contribution in [0, 0.1) is 6.92 Å². The van der Waals surface area contributed by atoms with Crippen molar-refractivity contribution in [2.75, 3.05) is 0 Å². The lowest BCUT2D eigenvalue weighted by Gasteiger charge is -2.14. The number of unbranched alkanes of at least 4 members (excludes halogenated alkanes) is 1.